The molecule has 0 amide bonds. The third-order valence-corrected chi connectivity index (χ3v) is 2.13. The summed E-state index contributed by atoms with van der Waals surface area (Å²) >= 11 is 0. The molecular weight excluding hydrogens is 205 g/mol. The fourth-order valence-corrected chi connectivity index (χ4v) is 1.31. The summed E-state index contributed by atoms with van der Waals surface area (Å²) in [6.45, 7) is 7.02. The van der Waals surface area contributed by atoms with Gasteiger partial charge in [0, 0.05) is 0 Å². The van der Waals surface area contributed by atoms with Gasteiger partial charge < -0.3 is 10.1 Å². The summed E-state index contributed by atoms with van der Waals surface area (Å²) in [5.74, 6) is 1.18. The summed E-state index contributed by atoms with van der Waals surface area (Å²) in [7, 11) is 0. The monoisotopic (exact) mass is 225 g/mol. The van der Waals surface area contributed by atoms with E-state index in [1.165, 1.54) is 12.1 Å². The van der Waals surface area contributed by atoms with Crippen LogP contribution in [0, 0.1) is 11.7 Å². The lowest BCUT2D eigenvalue weighted by Gasteiger charge is -2.08. The SMILES string of the molecule is CC(C)CNCCCOc1ccc(F)cc1. The highest BCUT2D eigenvalue weighted by Crippen LogP contribution is 2.10. The van der Waals surface area contributed by atoms with Crippen molar-refractivity contribution in [2.75, 3.05) is 19.7 Å². The highest BCUT2D eigenvalue weighted by atomic mass is 19.1. The average Bonchev–Trinajstić information content (AvgIpc) is 2.25. The Morgan fingerprint density at radius 3 is 2.56 bits per heavy atom. The molecule has 90 valence electrons. The van der Waals surface area contributed by atoms with Gasteiger partial charge in [-0.2, -0.15) is 0 Å². The van der Waals surface area contributed by atoms with Gasteiger partial charge in [0.15, 0.2) is 0 Å². The van der Waals surface area contributed by atoms with E-state index in [0.717, 1.165) is 25.3 Å². The van der Waals surface area contributed by atoms with Gasteiger partial charge in [-0.25, -0.2) is 4.39 Å². The minimum absolute atomic E-state index is 0.231. The highest BCUT2D eigenvalue weighted by molar-refractivity contribution is 5.21. The molecule has 0 aliphatic rings. The van der Waals surface area contributed by atoms with Crippen molar-refractivity contribution in [2.24, 2.45) is 5.92 Å². The minimum Gasteiger partial charge on any atom is -0.494 e. The molecule has 1 aromatic rings. The molecule has 16 heavy (non-hydrogen) atoms. The molecule has 1 rings (SSSR count). The molecule has 2 nitrogen and oxygen atoms in total. The first-order valence-corrected chi connectivity index (χ1v) is 5.77. The maximum Gasteiger partial charge on any atom is 0.123 e. The predicted molar refractivity (Wildman–Crippen MR) is 64.2 cm³/mol. The lowest BCUT2D eigenvalue weighted by molar-refractivity contribution is 0.306. The molecule has 0 aliphatic heterocycles. The van der Waals surface area contributed by atoms with Crippen LogP contribution in [0.1, 0.15) is 20.3 Å². The van der Waals surface area contributed by atoms with Gasteiger partial charge in [-0.15, -0.1) is 0 Å². The van der Waals surface area contributed by atoms with Crippen molar-refractivity contribution in [1.82, 2.24) is 5.32 Å². The van der Waals surface area contributed by atoms with Crippen molar-refractivity contribution < 1.29 is 9.13 Å². The van der Waals surface area contributed by atoms with Crippen LogP contribution in [0.25, 0.3) is 0 Å². The number of hydrogen-bond donors (Lipinski definition) is 1. The van der Waals surface area contributed by atoms with Crippen molar-refractivity contribution in [3.63, 3.8) is 0 Å². The quantitative estimate of drug-likeness (QED) is 0.720. The van der Waals surface area contributed by atoms with E-state index in [1.54, 1.807) is 12.1 Å². The van der Waals surface area contributed by atoms with Crippen LogP contribution in [-0.4, -0.2) is 19.7 Å². The van der Waals surface area contributed by atoms with E-state index in [0.29, 0.717) is 12.5 Å². The van der Waals surface area contributed by atoms with Gasteiger partial charge in [0.1, 0.15) is 11.6 Å². The molecule has 0 aliphatic carbocycles. The molecular formula is C13H20FNO. The van der Waals surface area contributed by atoms with Crippen LogP contribution in [0.2, 0.25) is 0 Å². The lowest BCUT2D eigenvalue weighted by Crippen LogP contribution is -2.22. The maximum absolute atomic E-state index is 12.6. The Hall–Kier alpha value is -1.09. The Morgan fingerprint density at radius 2 is 1.94 bits per heavy atom. The molecule has 0 saturated heterocycles. The van der Waals surface area contributed by atoms with Crippen molar-refractivity contribution in [2.45, 2.75) is 20.3 Å². The first kappa shape index (κ1) is 13.0. The normalized spacial score (nSPS) is 10.8. The molecule has 0 heterocycles. The molecule has 0 fully saturated rings. The van der Waals surface area contributed by atoms with Gasteiger partial charge in [0.25, 0.3) is 0 Å². The summed E-state index contributed by atoms with van der Waals surface area (Å²) in [5.41, 5.74) is 0. The van der Waals surface area contributed by atoms with E-state index < -0.39 is 0 Å². The third-order valence-electron chi connectivity index (χ3n) is 2.13. The molecule has 0 bridgehead atoms. The van der Waals surface area contributed by atoms with Crippen LogP contribution in [0.3, 0.4) is 0 Å². The van der Waals surface area contributed by atoms with E-state index in [1.807, 2.05) is 0 Å². The van der Waals surface area contributed by atoms with Crippen molar-refractivity contribution in [3.8, 4) is 5.75 Å². The molecule has 1 aromatic carbocycles. The first-order valence-electron chi connectivity index (χ1n) is 5.77. The van der Waals surface area contributed by atoms with Gasteiger partial charge in [0.2, 0.25) is 0 Å². The zero-order valence-corrected chi connectivity index (χ0v) is 10.0. The number of rotatable bonds is 7. The van der Waals surface area contributed by atoms with E-state index in [-0.39, 0.29) is 5.82 Å². The van der Waals surface area contributed by atoms with Crippen LogP contribution < -0.4 is 10.1 Å². The van der Waals surface area contributed by atoms with Crippen LogP contribution in [0.15, 0.2) is 24.3 Å². The van der Waals surface area contributed by atoms with Gasteiger partial charge in [-0.3, -0.25) is 0 Å². The summed E-state index contributed by atoms with van der Waals surface area (Å²) in [4.78, 5) is 0. The second-order valence-corrected chi connectivity index (χ2v) is 4.25. The zero-order valence-electron chi connectivity index (χ0n) is 10.0. The first-order chi connectivity index (χ1) is 7.68. The topological polar surface area (TPSA) is 21.3 Å². The molecule has 1 N–H and O–H groups in total. The molecule has 0 spiro atoms. The molecule has 0 saturated carbocycles. The van der Waals surface area contributed by atoms with Crippen molar-refractivity contribution >= 4 is 0 Å². The Morgan fingerprint density at radius 1 is 1.25 bits per heavy atom. The molecule has 0 atom stereocenters. The number of halogens is 1. The Balaban J connectivity index is 2.05. The second kappa shape index (κ2) is 7.23. The largest absolute Gasteiger partial charge is 0.494 e. The fraction of sp³-hybridized carbons (Fsp3) is 0.538. The number of benzene rings is 1. The summed E-state index contributed by atoms with van der Waals surface area (Å²) < 4.78 is 18.0. The van der Waals surface area contributed by atoms with Gasteiger partial charge in [-0.05, 0) is 49.7 Å². The van der Waals surface area contributed by atoms with E-state index in [4.69, 9.17) is 4.74 Å². The van der Waals surface area contributed by atoms with E-state index in [9.17, 15) is 4.39 Å². The molecule has 0 unspecified atom stereocenters. The molecule has 3 heteroatoms. The molecule has 0 aromatic heterocycles. The zero-order chi connectivity index (χ0) is 11.8. The number of nitrogens with one attached hydrogen (secondary N) is 1. The average molecular weight is 225 g/mol. The van der Waals surface area contributed by atoms with Crippen molar-refractivity contribution in [1.29, 1.82) is 0 Å². The van der Waals surface area contributed by atoms with Crippen molar-refractivity contribution in [3.05, 3.63) is 30.1 Å². The third kappa shape index (κ3) is 5.71. The summed E-state index contributed by atoms with van der Waals surface area (Å²) in [5, 5.41) is 3.34. The Bertz CT molecular complexity index is 284. The van der Waals surface area contributed by atoms with Crippen LogP contribution in [-0.2, 0) is 0 Å². The fourth-order valence-electron chi connectivity index (χ4n) is 1.31. The minimum atomic E-state index is -0.231. The molecule has 0 radical (unpaired) electrons. The summed E-state index contributed by atoms with van der Waals surface area (Å²) in [6.07, 6.45) is 0.962. The maximum atomic E-state index is 12.6. The van der Waals surface area contributed by atoms with Crippen LogP contribution >= 0.6 is 0 Å². The van der Waals surface area contributed by atoms with Gasteiger partial charge >= 0.3 is 0 Å². The Labute approximate surface area is 96.8 Å². The predicted octanol–water partition coefficient (Wildman–Crippen LogP) is 2.84. The van der Waals surface area contributed by atoms with Gasteiger partial charge in [-0.1, -0.05) is 13.8 Å². The lowest BCUT2D eigenvalue weighted by atomic mass is 10.2. The second-order valence-electron chi connectivity index (χ2n) is 4.25. The van der Waals surface area contributed by atoms with Gasteiger partial charge in [0.05, 0.1) is 6.61 Å². The number of hydrogen-bond acceptors (Lipinski definition) is 2. The standard InChI is InChI=1S/C13H20FNO/c1-11(2)10-15-8-3-9-16-13-6-4-12(14)5-7-13/h4-7,11,15H,3,8-10H2,1-2H3. The van der Waals surface area contributed by atoms with Crippen LogP contribution in [0.5, 0.6) is 5.75 Å². The number of ether oxygens (including phenoxy) is 1. The van der Waals surface area contributed by atoms with E-state index >= 15 is 0 Å². The smallest absolute Gasteiger partial charge is 0.123 e. The van der Waals surface area contributed by atoms with Crippen LogP contribution in [0.4, 0.5) is 4.39 Å². The Kier molecular flexibility index (Phi) is 5.86. The summed E-state index contributed by atoms with van der Waals surface area (Å²) in [6, 6.07) is 6.12. The highest BCUT2D eigenvalue weighted by Gasteiger charge is 1.95. The van der Waals surface area contributed by atoms with E-state index in [2.05, 4.69) is 19.2 Å².